The molecule has 0 aliphatic heterocycles. The van der Waals surface area contributed by atoms with Crippen LogP contribution in [0.4, 0.5) is 0 Å². The Morgan fingerprint density at radius 3 is 2.71 bits per heavy atom. The number of rotatable bonds is 10. The third-order valence-electron chi connectivity index (χ3n) is 6.75. The van der Waals surface area contributed by atoms with Gasteiger partial charge in [-0.2, -0.15) is 0 Å². The van der Waals surface area contributed by atoms with Crippen LogP contribution in [0, 0.1) is 24.7 Å². The minimum absolute atomic E-state index is 0.150. The van der Waals surface area contributed by atoms with E-state index in [9.17, 15) is 5.11 Å². The van der Waals surface area contributed by atoms with Gasteiger partial charge in [0.05, 0.1) is 6.10 Å². The predicted octanol–water partition coefficient (Wildman–Crippen LogP) is 5.55. The molecule has 2 nitrogen and oxygen atoms in total. The standard InChI is InChI=1S/C26H39NO/c1-20-11-6-7-13-22(20)14-8-9-15-24-25-18-21(17-23(25)19-26(24)28)12-5-4-10-16-27(2)3/h6-7,9,11,13,15,17,23-26,28H,4-5,8,10,12,14,16,18-19H2,1-3H3/b15-9+/t23-,24+,25-,26+/m0/s1. The van der Waals surface area contributed by atoms with E-state index in [1.807, 2.05) is 0 Å². The van der Waals surface area contributed by atoms with E-state index in [1.54, 1.807) is 5.57 Å². The number of aliphatic hydroxyl groups excluding tert-OH is 1. The minimum Gasteiger partial charge on any atom is -0.392 e. The lowest BCUT2D eigenvalue weighted by Crippen LogP contribution is -2.17. The number of benzene rings is 1. The quantitative estimate of drug-likeness (QED) is 0.424. The molecule has 0 unspecified atom stereocenters. The van der Waals surface area contributed by atoms with Gasteiger partial charge in [-0.25, -0.2) is 0 Å². The summed E-state index contributed by atoms with van der Waals surface area (Å²) in [6.07, 6.45) is 16.6. The average molecular weight is 382 g/mol. The van der Waals surface area contributed by atoms with Crippen LogP contribution >= 0.6 is 0 Å². The SMILES string of the molecule is Cc1ccccc1CC/C=C/[C@@H]1[C@H]2CC(CCCCCN(C)C)=C[C@H]2C[C@H]1O. The van der Waals surface area contributed by atoms with Gasteiger partial charge < -0.3 is 10.0 Å². The Bertz CT molecular complexity index is 675. The van der Waals surface area contributed by atoms with Gasteiger partial charge in [-0.1, -0.05) is 54.5 Å². The molecule has 2 aliphatic rings. The maximum absolute atomic E-state index is 10.6. The van der Waals surface area contributed by atoms with Crippen molar-refractivity contribution in [2.45, 2.75) is 64.4 Å². The topological polar surface area (TPSA) is 23.5 Å². The molecule has 0 amide bonds. The molecule has 2 heteroatoms. The molecule has 1 aromatic carbocycles. The monoisotopic (exact) mass is 381 g/mol. The fourth-order valence-corrected chi connectivity index (χ4v) is 5.13. The Morgan fingerprint density at radius 1 is 1.11 bits per heavy atom. The van der Waals surface area contributed by atoms with Crippen molar-refractivity contribution < 1.29 is 5.11 Å². The molecular formula is C26H39NO. The molecule has 1 aromatic rings. The third kappa shape index (κ3) is 5.81. The molecule has 2 aliphatic carbocycles. The Hall–Kier alpha value is -1.38. The zero-order valence-corrected chi connectivity index (χ0v) is 18.1. The van der Waals surface area contributed by atoms with Gasteiger partial charge in [0.1, 0.15) is 0 Å². The van der Waals surface area contributed by atoms with E-state index < -0.39 is 0 Å². The van der Waals surface area contributed by atoms with Crippen molar-refractivity contribution in [2.75, 3.05) is 20.6 Å². The van der Waals surface area contributed by atoms with Crippen LogP contribution in [0.1, 0.15) is 56.1 Å². The van der Waals surface area contributed by atoms with E-state index in [1.165, 1.54) is 49.8 Å². The van der Waals surface area contributed by atoms with E-state index >= 15 is 0 Å². The molecule has 1 N–H and O–H groups in total. The molecule has 154 valence electrons. The number of allylic oxidation sites excluding steroid dienone is 3. The summed E-state index contributed by atoms with van der Waals surface area (Å²) in [5.74, 6) is 1.60. The molecule has 1 fully saturated rings. The van der Waals surface area contributed by atoms with Crippen molar-refractivity contribution in [1.29, 1.82) is 0 Å². The first-order valence-corrected chi connectivity index (χ1v) is 11.3. The summed E-state index contributed by atoms with van der Waals surface area (Å²) in [7, 11) is 4.31. The van der Waals surface area contributed by atoms with Crippen LogP contribution in [-0.4, -0.2) is 36.8 Å². The van der Waals surface area contributed by atoms with Crippen molar-refractivity contribution in [1.82, 2.24) is 4.90 Å². The van der Waals surface area contributed by atoms with Crippen LogP contribution in [0.3, 0.4) is 0 Å². The maximum atomic E-state index is 10.6. The van der Waals surface area contributed by atoms with Crippen molar-refractivity contribution >= 4 is 0 Å². The number of unbranched alkanes of at least 4 members (excludes halogenated alkanes) is 2. The molecule has 0 radical (unpaired) electrons. The van der Waals surface area contributed by atoms with E-state index in [4.69, 9.17) is 0 Å². The first-order valence-electron chi connectivity index (χ1n) is 11.3. The highest BCUT2D eigenvalue weighted by molar-refractivity contribution is 5.26. The van der Waals surface area contributed by atoms with Gasteiger partial charge in [0.2, 0.25) is 0 Å². The van der Waals surface area contributed by atoms with Crippen molar-refractivity contribution in [2.24, 2.45) is 17.8 Å². The zero-order valence-electron chi connectivity index (χ0n) is 18.1. The summed E-state index contributed by atoms with van der Waals surface area (Å²) < 4.78 is 0. The summed E-state index contributed by atoms with van der Waals surface area (Å²) in [4.78, 5) is 2.27. The van der Waals surface area contributed by atoms with E-state index in [2.05, 4.69) is 68.4 Å². The van der Waals surface area contributed by atoms with Crippen LogP contribution in [0.25, 0.3) is 0 Å². The van der Waals surface area contributed by atoms with Gasteiger partial charge in [-0.15, -0.1) is 0 Å². The molecule has 0 heterocycles. The second-order valence-corrected chi connectivity index (χ2v) is 9.24. The van der Waals surface area contributed by atoms with Crippen molar-refractivity contribution in [3.63, 3.8) is 0 Å². The highest BCUT2D eigenvalue weighted by atomic mass is 16.3. The molecule has 4 atom stereocenters. The highest BCUT2D eigenvalue weighted by Crippen LogP contribution is 2.48. The van der Waals surface area contributed by atoms with E-state index in [0.29, 0.717) is 17.8 Å². The molecule has 0 aromatic heterocycles. The summed E-state index contributed by atoms with van der Waals surface area (Å²) in [5, 5.41) is 10.6. The smallest absolute Gasteiger partial charge is 0.0611 e. The largest absolute Gasteiger partial charge is 0.392 e. The Labute approximate surface area is 172 Å². The highest BCUT2D eigenvalue weighted by Gasteiger charge is 2.42. The number of aliphatic hydroxyl groups is 1. The van der Waals surface area contributed by atoms with E-state index in [-0.39, 0.29) is 6.10 Å². The number of aryl methyl sites for hydroxylation is 2. The molecule has 0 bridgehead atoms. The Morgan fingerprint density at radius 2 is 1.93 bits per heavy atom. The van der Waals surface area contributed by atoms with Gasteiger partial charge in [-0.05, 0) is 95.5 Å². The van der Waals surface area contributed by atoms with Crippen LogP contribution in [0.15, 0.2) is 48.1 Å². The average Bonchev–Trinajstić information content (AvgIpc) is 3.16. The number of hydrogen-bond acceptors (Lipinski definition) is 2. The second-order valence-electron chi connectivity index (χ2n) is 9.24. The number of fused-ring (bicyclic) bond motifs is 1. The fourth-order valence-electron chi connectivity index (χ4n) is 5.13. The number of nitrogens with zero attached hydrogens (tertiary/aromatic N) is 1. The van der Waals surface area contributed by atoms with Gasteiger partial charge in [-0.3, -0.25) is 0 Å². The predicted molar refractivity (Wildman–Crippen MR) is 119 cm³/mol. The lowest BCUT2D eigenvalue weighted by molar-refractivity contribution is 0.141. The van der Waals surface area contributed by atoms with Gasteiger partial charge in [0, 0.05) is 5.92 Å². The summed E-state index contributed by atoms with van der Waals surface area (Å²) >= 11 is 0. The Kier molecular flexibility index (Phi) is 7.93. The minimum atomic E-state index is -0.150. The zero-order chi connectivity index (χ0) is 19.9. The van der Waals surface area contributed by atoms with Crippen LogP contribution in [0.2, 0.25) is 0 Å². The summed E-state index contributed by atoms with van der Waals surface area (Å²) in [6, 6.07) is 8.66. The van der Waals surface area contributed by atoms with Crippen molar-refractivity contribution in [3.05, 3.63) is 59.2 Å². The molecular weight excluding hydrogens is 342 g/mol. The molecule has 28 heavy (non-hydrogen) atoms. The van der Waals surface area contributed by atoms with Gasteiger partial charge >= 0.3 is 0 Å². The Balaban J connectivity index is 1.43. The third-order valence-corrected chi connectivity index (χ3v) is 6.75. The lowest BCUT2D eigenvalue weighted by Gasteiger charge is -2.18. The summed E-state index contributed by atoms with van der Waals surface area (Å²) in [5.41, 5.74) is 4.48. The summed E-state index contributed by atoms with van der Waals surface area (Å²) in [6.45, 7) is 3.39. The molecule has 0 saturated heterocycles. The van der Waals surface area contributed by atoms with Crippen LogP contribution in [-0.2, 0) is 6.42 Å². The molecule has 1 saturated carbocycles. The van der Waals surface area contributed by atoms with Crippen molar-refractivity contribution in [3.8, 4) is 0 Å². The fraction of sp³-hybridized carbons (Fsp3) is 0.615. The lowest BCUT2D eigenvalue weighted by atomic mass is 9.88. The second kappa shape index (κ2) is 10.4. The first kappa shape index (κ1) is 21.3. The van der Waals surface area contributed by atoms with Gasteiger partial charge in [0.15, 0.2) is 0 Å². The van der Waals surface area contributed by atoms with Crippen LogP contribution in [0.5, 0.6) is 0 Å². The molecule has 3 rings (SSSR count). The van der Waals surface area contributed by atoms with Gasteiger partial charge in [0.25, 0.3) is 0 Å². The maximum Gasteiger partial charge on any atom is 0.0611 e. The molecule has 0 spiro atoms. The number of hydrogen-bond donors (Lipinski definition) is 1. The van der Waals surface area contributed by atoms with E-state index in [0.717, 1.165) is 19.3 Å². The normalized spacial score (nSPS) is 27.0. The van der Waals surface area contributed by atoms with Crippen LogP contribution < -0.4 is 0 Å². The first-order chi connectivity index (χ1) is 13.5.